The van der Waals surface area contributed by atoms with Gasteiger partial charge in [-0.3, -0.25) is 5.43 Å². The summed E-state index contributed by atoms with van der Waals surface area (Å²) in [6, 6.07) is 3.46. The molecule has 0 radical (unpaired) electrons. The summed E-state index contributed by atoms with van der Waals surface area (Å²) in [6.07, 6.45) is 6.64. The Labute approximate surface area is 124 Å². The number of terminal acetylenes is 1. The molecule has 0 aliphatic heterocycles. The highest BCUT2D eigenvalue weighted by molar-refractivity contribution is 9.10. The topological polar surface area (TPSA) is 59.6 Å². The predicted octanol–water partition coefficient (Wildman–Crippen LogP) is 2.28. The summed E-state index contributed by atoms with van der Waals surface area (Å²) >= 11 is 14.0. The average Bonchev–Trinajstić information content (AvgIpc) is 2.27. The van der Waals surface area contributed by atoms with Gasteiger partial charge in [0, 0.05) is 0 Å². The van der Waals surface area contributed by atoms with Crippen molar-refractivity contribution in [2.24, 2.45) is 10.8 Å². The van der Waals surface area contributed by atoms with E-state index in [1.807, 2.05) is 0 Å². The van der Waals surface area contributed by atoms with Crippen molar-refractivity contribution in [2.45, 2.75) is 0 Å². The van der Waals surface area contributed by atoms with Crippen molar-refractivity contribution in [3.63, 3.8) is 0 Å². The first-order valence-corrected chi connectivity index (χ1v) is 6.26. The molecule has 0 heterocycles. The number of ether oxygens (including phenoxy) is 1. The van der Waals surface area contributed by atoms with E-state index >= 15 is 0 Å². The maximum Gasteiger partial charge on any atom is 0.184 e. The van der Waals surface area contributed by atoms with Crippen LogP contribution in [0.4, 0.5) is 0 Å². The fourth-order valence-electron chi connectivity index (χ4n) is 1.08. The normalized spacial score (nSPS) is 10.1. The molecule has 0 spiro atoms. The molecule has 1 rings (SSSR count). The number of nitrogens with two attached hydrogens (primary N) is 1. The zero-order valence-electron chi connectivity index (χ0n) is 9.11. The maximum absolute atomic E-state index is 6.06. The number of nitrogens with one attached hydrogen (secondary N) is 1. The highest BCUT2D eigenvalue weighted by Crippen LogP contribution is 2.34. The van der Waals surface area contributed by atoms with Crippen LogP contribution in [-0.4, -0.2) is 17.9 Å². The van der Waals surface area contributed by atoms with E-state index in [0.29, 0.717) is 15.2 Å². The van der Waals surface area contributed by atoms with Crippen LogP contribution in [0.5, 0.6) is 5.75 Å². The Bertz CT molecular complexity index is 505. The number of hydrogen-bond donors (Lipinski definition) is 2. The summed E-state index contributed by atoms with van der Waals surface area (Å²) < 4.78 is 5.98. The molecule has 4 nitrogen and oxygen atoms in total. The summed E-state index contributed by atoms with van der Waals surface area (Å²) in [4.78, 5) is 0. The van der Waals surface area contributed by atoms with Gasteiger partial charge in [0.25, 0.3) is 0 Å². The first-order chi connectivity index (χ1) is 8.54. The van der Waals surface area contributed by atoms with Gasteiger partial charge in [0.15, 0.2) is 10.9 Å². The first kappa shape index (κ1) is 14.8. The number of nitrogens with zero attached hydrogens (tertiary/aromatic N) is 1. The van der Waals surface area contributed by atoms with Crippen molar-refractivity contribution < 1.29 is 4.74 Å². The third kappa shape index (κ3) is 4.53. The molecule has 18 heavy (non-hydrogen) atoms. The SMILES string of the molecule is C#CCOc1c(Cl)cc(C=NNC(N)=S)cc1Br. The summed E-state index contributed by atoms with van der Waals surface area (Å²) in [5.74, 6) is 2.86. The molecule has 1 aromatic rings. The quantitative estimate of drug-likeness (QED) is 0.380. The molecule has 0 unspecified atom stereocenters. The van der Waals surface area contributed by atoms with Crippen molar-refractivity contribution in [3.8, 4) is 18.1 Å². The van der Waals surface area contributed by atoms with E-state index in [9.17, 15) is 0 Å². The van der Waals surface area contributed by atoms with Crippen molar-refractivity contribution in [1.82, 2.24) is 5.43 Å². The molecule has 0 bridgehead atoms. The molecule has 7 heteroatoms. The smallest absolute Gasteiger partial charge is 0.184 e. The molecule has 1 aromatic carbocycles. The fourth-order valence-corrected chi connectivity index (χ4v) is 2.12. The minimum atomic E-state index is 0.0883. The van der Waals surface area contributed by atoms with Gasteiger partial charge in [0.05, 0.1) is 15.7 Å². The van der Waals surface area contributed by atoms with Crippen molar-refractivity contribution in [1.29, 1.82) is 0 Å². The first-order valence-electron chi connectivity index (χ1n) is 4.68. The number of hydrogen-bond acceptors (Lipinski definition) is 3. The molecule has 0 fully saturated rings. The minimum Gasteiger partial charge on any atom is -0.478 e. The predicted molar refractivity (Wildman–Crippen MR) is 81.0 cm³/mol. The van der Waals surface area contributed by atoms with E-state index in [4.69, 9.17) is 28.5 Å². The van der Waals surface area contributed by atoms with E-state index in [1.54, 1.807) is 12.1 Å². The Balaban J connectivity index is 2.89. The van der Waals surface area contributed by atoms with Gasteiger partial charge in [-0.05, 0) is 45.8 Å². The number of hydrazone groups is 1. The van der Waals surface area contributed by atoms with Crippen molar-refractivity contribution >= 4 is 51.1 Å². The Morgan fingerprint density at radius 2 is 2.44 bits per heavy atom. The fraction of sp³-hybridized carbons (Fsp3) is 0.0909. The Morgan fingerprint density at radius 3 is 3.00 bits per heavy atom. The molecule has 94 valence electrons. The highest BCUT2D eigenvalue weighted by Gasteiger charge is 2.08. The summed E-state index contributed by atoms with van der Waals surface area (Å²) in [5.41, 5.74) is 8.43. The zero-order valence-corrected chi connectivity index (χ0v) is 12.3. The van der Waals surface area contributed by atoms with Gasteiger partial charge in [-0.1, -0.05) is 17.5 Å². The van der Waals surface area contributed by atoms with Crippen LogP contribution in [0.25, 0.3) is 0 Å². The van der Waals surface area contributed by atoms with Gasteiger partial charge < -0.3 is 10.5 Å². The van der Waals surface area contributed by atoms with E-state index in [2.05, 4.69) is 44.6 Å². The number of benzene rings is 1. The Hall–Kier alpha value is -1.29. The van der Waals surface area contributed by atoms with Crippen LogP contribution in [0.1, 0.15) is 5.56 Å². The average molecular weight is 347 g/mol. The largest absolute Gasteiger partial charge is 0.478 e. The van der Waals surface area contributed by atoms with Crippen LogP contribution in [-0.2, 0) is 0 Å². The number of halogens is 2. The van der Waals surface area contributed by atoms with E-state index in [1.165, 1.54) is 6.21 Å². The van der Waals surface area contributed by atoms with Gasteiger partial charge in [-0.15, -0.1) is 6.42 Å². The summed E-state index contributed by atoms with van der Waals surface area (Å²) in [6.45, 7) is 0.148. The highest BCUT2D eigenvalue weighted by atomic mass is 79.9. The molecule has 0 aliphatic carbocycles. The zero-order chi connectivity index (χ0) is 13.5. The molecule has 0 saturated carbocycles. The third-order valence-corrected chi connectivity index (χ3v) is 2.67. The van der Waals surface area contributed by atoms with Crippen LogP contribution in [0.3, 0.4) is 0 Å². The number of rotatable bonds is 4. The Morgan fingerprint density at radius 1 is 1.72 bits per heavy atom. The molecular formula is C11H9BrClN3OS. The van der Waals surface area contributed by atoms with Gasteiger partial charge in [-0.25, -0.2) is 0 Å². The number of thiocarbonyl (C=S) groups is 1. The Kier molecular flexibility index (Phi) is 5.92. The molecule has 0 saturated heterocycles. The van der Waals surface area contributed by atoms with Gasteiger partial charge in [-0.2, -0.15) is 5.10 Å². The van der Waals surface area contributed by atoms with Crippen LogP contribution in [0, 0.1) is 12.3 Å². The van der Waals surface area contributed by atoms with E-state index < -0.39 is 0 Å². The standard InChI is InChI=1S/C11H9BrClN3OS/c1-2-3-17-10-8(12)4-7(5-9(10)13)6-15-16-11(14)18/h1,4-6H,3H2,(H3,14,16,18). The molecule has 0 aromatic heterocycles. The minimum absolute atomic E-state index is 0.0883. The summed E-state index contributed by atoms with van der Waals surface area (Å²) in [5, 5.41) is 4.34. The molecule has 0 amide bonds. The van der Waals surface area contributed by atoms with Gasteiger partial charge >= 0.3 is 0 Å². The van der Waals surface area contributed by atoms with Crippen LogP contribution >= 0.6 is 39.7 Å². The van der Waals surface area contributed by atoms with E-state index in [0.717, 1.165) is 5.56 Å². The monoisotopic (exact) mass is 345 g/mol. The lowest BCUT2D eigenvalue weighted by Crippen LogP contribution is -2.23. The van der Waals surface area contributed by atoms with Crippen LogP contribution in [0.15, 0.2) is 21.7 Å². The maximum atomic E-state index is 6.06. The van der Waals surface area contributed by atoms with Crippen LogP contribution < -0.4 is 15.9 Å². The molecular weight excluding hydrogens is 338 g/mol. The second-order valence-corrected chi connectivity index (χ2v) is 4.74. The third-order valence-electron chi connectivity index (χ3n) is 1.71. The lowest BCUT2D eigenvalue weighted by molar-refractivity contribution is 0.368. The van der Waals surface area contributed by atoms with Crippen molar-refractivity contribution in [3.05, 3.63) is 27.2 Å². The lowest BCUT2D eigenvalue weighted by atomic mass is 10.2. The van der Waals surface area contributed by atoms with Crippen LogP contribution in [0.2, 0.25) is 5.02 Å². The second-order valence-electron chi connectivity index (χ2n) is 3.04. The van der Waals surface area contributed by atoms with Gasteiger partial charge in [0.1, 0.15) is 6.61 Å². The molecule has 0 aliphatic rings. The summed E-state index contributed by atoms with van der Waals surface area (Å²) in [7, 11) is 0. The van der Waals surface area contributed by atoms with Gasteiger partial charge in [0.2, 0.25) is 0 Å². The molecule has 0 atom stereocenters. The lowest BCUT2D eigenvalue weighted by Gasteiger charge is -2.08. The van der Waals surface area contributed by atoms with E-state index in [-0.39, 0.29) is 11.7 Å². The molecule has 3 N–H and O–H groups in total. The second kappa shape index (κ2) is 7.21. The van der Waals surface area contributed by atoms with Crippen molar-refractivity contribution in [2.75, 3.05) is 6.61 Å².